The number of rotatable bonds is 2. The summed E-state index contributed by atoms with van der Waals surface area (Å²) in [6, 6.07) is 16.6. The van der Waals surface area contributed by atoms with Crippen molar-refractivity contribution in [2.45, 2.75) is 0 Å². The third-order valence-electron chi connectivity index (χ3n) is 3.28. The maximum Gasteiger partial charge on any atom is 0.119 e. The topological polar surface area (TPSA) is 14.2 Å². The molecule has 0 atom stereocenters. The molecular weight excluding hydrogens is 222 g/mol. The zero-order valence-corrected chi connectivity index (χ0v) is 10.6. The minimum absolute atomic E-state index is 0.894. The van der Waals surface area contributed by atoms with E-state index in [9.17, 15) is 0 Å². The Kier molecular flexibility index (Phi) is 2.56. The van der Waals surface area contributed by atoms with Gasteiger partial charge in [-0.05, 0) is 23.8 Å². The molecule has 0 aliphatic carbocycles. The van der Waals surface area contributed by atoms with Crippen LogP contribution >= 0.6 is 0 Å². The van der Waals surface area contributed by atoms with Crippen molar-refractivity contribution >= 4 is 10.9 Å². The SMILES string of the molecule is COc1ccc2c(c1)c(-c1ccccc1)cn2C. The van der Waals surface area contributed by atoms with Gasteiger partial charge in [0.2, 0.25) is 0 Å². The number of hydrogen-bond acceptors (Lipinski definition) is 1. The van der Waals surface area contributed by atoms with Crippen LogP contribution in [0.3, 0.4) is 0 Å². The molecule has 1 heterocycles. The van der Waals surface area contributed by atoms with Crippen LogP contribution in [0.4, 0.5) is 0 Å². The van der Waals surface area contributed by atoms with E-state index in [1.54, 1.807) is 7.11 Å². The summed E-state index contributed by atoms with van der Waals surface area (Å²) in [6.07, 6.45) is 2.17. The predicted molar refractivity (Wildman–Crippen MR) is 74.9 cm³/mol. The quantitative estimate of drug-likeness (QED) is 0.660. The smallest absolute Gasteiger partial charge is 0.119 e. The second-order valence-corrected chi connectivity index (χ2v) is 4.40. The largest absolute Gasteiger partial charge is 0.497 e. The maximum atomic E-state index is 5.31. The lowest BCUT2D eigenvalue weighted by atomic mass is 10.0. The number of aromatic nitrogens is 1. The van der Waals surface area contributed by atoms with Crippen LogP contribution in [0, 0.1) is 0 Å². The summed E-state index contributed by atoms with van der Waals surface area (Å²) in [5.41, 5.74) is 3.69. The Morgan fingerprint density at radius 1 is 1.00 bits per heavy atom. The lowest BCUT2D eigenvalue weighted by Crippen LogP contribution is -1.84. The second kappa shape index (κ2) is 4.22. The van der Waals surface area contributed by atoms with Gasteiger partial charge in [0.1, 0.15) is 5.75 Å². The Hall–Kier alpha value is -2.22. The van der Waals surface area contributed by atoms with E-state index >= 15 is 0 Å². The Labute approximate surface area is 106 Å². The molecule has 0 bridgehead atoms. The van der Waals surface area contributed by atoms with Crippen molar-refractivity contribution in [2.75, 3.05) is 7.11 Å². The van der Waals surface area contributed by atoms with Crippen molar-refractivity contribution < 1.29 is 4.74 Å². The summed E-state index contributed by atoms with van der Waals surface area (Å²) in [5.74, 6) is 0.894. The van der Waals surface area contributed by atoms with Crippen LogP contribution in [-0.2, 0) is 7.05 Å². The summed E-state index contributed by atoms with van der Waals surface area (Å²) in [7, 11) is 3.77. The summed E-state index contributed by atoms with van der Waals surface area (Å²) < 4.78 is 7.46. The van der Waals surface area contributed by atoms with Gasteiger partial charge in [-0.2, -0.15) is 0 Å². The van der Waals surface area contributed by atoms with Gasteiger partial charge in [-0.25, -0.2) is 0 Å². The highest BCUT2D eigenvalue weighted by molar-refractivity contribution is 5.96. The third kappa shape index (κ3) is 1.66. The first kappa shape index (κ1) is 10.9. The second-order valence-electron chi connectivity index (χ2n) is 4.40. The number of benzene rings is 2. The van der Waals surface area contributed by atoms with Crippen molar-refractivity contribution in [3.63, 3.8) is 0 Å². The third-order valence-corrected chi connectivity index (χ3v) is 3.28. The number of nitrogens with zero attached hydrogens (tertiary/aromatic N) is 1. The van der Waals surface area contributed by atoms with E-state index < -0.39 is 0 Å². The monoisotopic (exact) mass is 237 g/mol. The molecule has 18 heavy (non-hydrogen) atoms. The van der Waals surface area contributed by atoms with E-state index in [0.29, 0.717) is 0 Å². The number of methoxy groups -OCH3 is 1. The molecule has 3 rings (SSSR count). The number of ether oxygens (including phenoxy) is 1. The Bertz CT molecular complexity index is 683. The molecule has 2 heteroatoms. The first-order valence-corrected chi connectivity index (χ1v) is 5.98. The lowest BCUT2D eigenvalue weighted by molar-refractivity contribution is 0.415. The number of hydrogen-bond donors (Lipinski definition) is 0. The molecule has 3 aromatic rings. The first-order valence-electron chi connectivity index (χ1n) is 5.98. The van der Waals surface area contributed by atoms with Crippen molar-refractivity contribution in [3.05, 3.63) is 54.7 Å². The fraction of sp³-hybridized carbons (Fsp3) is 0.125. The zero-order valence-electron chi connectivity index (χ0n) is 10.6. The van der Waals surface area contributed by atoms with E-state index in [2.05, 4.69) is 54.2 Å². The molecule has 0 aliphatic heterocycles. The molecule has 0 saturated carbocycles. The van der Waals surface area contributed by atoms with E-state index in [1.165, 1.54) is 22.0 Å². The molecule has 0 aliphatic rings. The summed E-state index contributed by atoms with van der Waals surface area (Å²) in [4.78, 5) is 0. The molecule has 0 amide bonds. The molecular formula is C16H15NO. The summed E-state index contributed by atoms with van der Waals surface area (Å²) >= 11 is 0. The van der Waals surface area contributed by atoms with Crippen LogP contribution in [0.25, 0.3) is 22.0 Å². The van der Waals surface area contributed by atoms with Gasteiger partial charge in [-0.1, -0.05) is 30.3 Å². The Morgan fingerprint density at radius 3 is 2.50 bits per heavy atom. The average molecular weight is 237 g/mol. The molecule has 2 nitrogen and oxygen atoms in total. The van der Waals surface area contributed by atoms with Gasteiger partial charge in [0.25, 0.3) is 0 Å². The minimum atomic E-state index is 0.894. The molecule has 0 N–H and O–H groups in total. The van der Waals surface area contributed by atoms with E-state index in [1.807, 2.05) is 12.1 Å². The molecule has 0 saturated heterocycles. The highest BCUT2D eigenvalue weighted by atomic mass is 16.5. The maximum absolute atomic E-state index is 5.31. The van der Waals surface area contributed by atoms with Crippen molar-refractivity contribution in [1.82, 2.24) is 4.57 Å². The Morgan fingerprint density at radius 2 is 1.78 bits per heavy atom. The van der Waals surface area contributed by atoms with Gasteiger partial charge in [-0.3, -0.25) is 0 Å². The van der Waals surface area contributed by atoms with Gasteiger partial charge < -0.3 is 9.30 Å². The fourth-order valence-electron chi connectivity index (χ4n) is 2.35. The predicted octanol–water partition coefficient (Wildman–Crippen LogP) is 3.85. The van der Waals surface area contributed by atoms with Crippen LogP contribution in [0.15, 0.2) is 54.7 Å². The van der Waals surface area contributed by atoms with Crippen molar-refractivity contribution in [1.29, 1.82) is 0 Å². The summed E-state index contributed by atoms with van der Waals surface area (Å²) in [5, 5.41) is 1.23. The fourth-order valence-corrected chi connectivity index (χ4v) is 2.35. The van der Waals surface area contributed by atoms with Gasteiger partial charge >= 0.3 is 0 Å². The molecule has 1 aromatic heterocycles. The summed E-state index contributed by atoms with van der Waals surface area (Å²) in [6.45, 7) is 0. The number of fused-ring (bicyclic) bond motifs is 1. The van der Waals surface area contributed by atoms with Crippen LogP contribution < -0.4 is 4.74 Å². The normalized spacial score (nSPS) is 10.8. The van der Waals surface area contributed by atoms with Crippen LogP contribution in [0.2, 0.25) is 0 Å². The van der Waals surface area contributed by atoms with Crippen LogP contribution in [-0.4, -0.2) is 11.7 Å². The molecule has 2 aromatic carbocycles. The van der Waals surface area contributed by atoms with E-state index in [4.69, 9.17) is 4.74 Å². The van der Waals surface area contributed by atoms with Gasteiger partial charge in [0, 0.05) is 29.7 Å². The molecule has 0 unspecified atom stereocenters. The van der Waals surface area contributed by atoms with E-state index in [-0.39, 0.29) is 0 Å². The average Bonchev–Trinajstić information content (AvgIpc) is 2.76. The molecule has 0 radical (unpaired) electrons. The zero-order chi connectivity index (χ0) is 12.5. The minimum Gasteiger partial charge on any atom is -0.497 e. The van der Waals surface area contributed by atoms with Gasteiger partial charge in [0.15, 0.2) is 0 Å². The standard InChI is InChI=1S/C16H15NO/c1-17-11-15(12-6-4-3-5-7-12)14-10-13(18-2)8-9-16(14)17/h3-11H,1-2H3. The molecule has 90 valence electrons. The molecule has 0 spiro atoms. The van der Waals surface area contributed by atoms with Crippen LogP contribution in [0.1, 0.15) is 0 Å². The van der Waals surface area contributed by atoms with Crippen molar-refractivity contribution in [3.8, 4) is 16.9 Å². The van der Waals surface area contributed by atoms with Crippen molar-refractivity contribution in [2.24, 2.45) is 7.05 Å². The lowest BCUT2D eigenvalue weighted by Gasteiger charge is -2.02. The van der Waals surface area contributed by atoms with Crippen LogP contribution in [0.5, 0.6) is 5.75 Å². The van der Waals surface area contributed by atoms with E-state index in [0.717, 1.165) is 5.75 Å². The van der Waals surface area contributed by atoms with Gasteiger partial charge in [0.05, 0.1) is 7.11 Å². The first-order chi connectivity index (χ1) is 8.79. The highest BCUT2D eigenvalue weighted by Crippen LogP contribution is 2.32. The molecule has 0 fully saturated rings. The number of aryl methyl sites for hydroxylation is 1. The Balaban J connectivity index is 2.29. The van der Waals surface area contributed by atoms with Gasteiger partial charge in [-0.15, -0.1) is 0 Å². The highest BCUT2D eigenvalue weighted by Gasteiger charge is 2.09.